The summed E-state index contributed by atoms with van der Waals surface area (Å²) in [6.45, 7) is 0. The molecule has 0 radical (unpaired) electrons. The summed E-state index contributed by atoms with van der Waals surface area (Å²) in [6, 6.07) is 17.1. The smallest absolute Gasteiger partial charge is 0.323 e. The number of carbonyl (C=O) groups excluding carboxylic acids is 2. The molecule has 0 aliphatic carbocycles. The molecule has 0 saturated heterocycles. The van der Waals surface area contributed by atoms with Crippen molar-refractivity contribution in [3.8, 4) is 5.75 Å². The number of rotatable bonds is 9. The van der Waals surface area contributed by atoms with E-state index in [4.69, 9.17) is 14.2 Å². The minimum Gasteiger partial charge on any atom is -0.497 e. The van der Waals surface area contributed by atoms with Gasteiger partial charge in [0.2, 0.25) is 0 Å². The normalized spacial score (nSPS) is 11.6. The Hall–Kier alpha value is -3.34. The Morgan fingerprint density at radius 2 is 1.24 bits per heavy atom. The highest BCUT2D eigenvalue weighted by Crippen LogP contribution is 2.32. The maximum atomic E-state index is 12.6. The lowest BCUT2D eigenvalue weighted by Crippen LogP contribution is -2.40. The van der Waals surface area contributed by atoms with Gasteiger partial charge in [-0.3, -0.25) is 9.59 Å². The lowest BCUT2D eigenvalue weighted by Gasteiger charge is -2.25. The molecule has 0 aromatic heterocycles. The van der Waals surface area contributed by atoms with E-state index in [1.165, 1.54) is 14.2 Å². The molecule has 0 unspecified atom stereocenters. The summed E-state index contributed by atoms with van der Waals surface area (Å²) >= 11 is 0. The molecule has 2 aromatic carbocycles. The van der Waals surface area contributed by atoms with E-state index in [1.54, 1.807) is 19.3 Å². The molecular weight excluding hydrogens is 368 g/mol. The number of esters is 2. The molecule has 29 heavy (non-hydrogen) atoms. The Balaban J connectivity index is 2.24. The molecule has 0 aliphatic rings. The van der Waals surface area contributed by atoms with Crippen molar-refractivity contribution in [2.75, 3.05) is 21.3 Å². The Morgan fingerprint density at radius 3 is 1.69 bits per heavy atom. The summed E-state index contributed by atoms with van der Waals surface area (Å²) in [5, 5.41) is 0. The van der Waals surface area contributed by atoms with Crippen LogP contribution in [-0.2, 0) is 19.1 Å². The average molecular weight is 394 g/mol. The summed E-state index contributed by atoms with van der Waals surface area (Å²) in [7, 11) is 4.15. The van der Waals surface area contributed by atoms with E-state index in [1.807, 2.05) is 66.7 Å². The zero-order valence-electron chi connectivity index (χ0n) is 17.0. The fourth-order valence-corrected chi connectivity index (χ4v) is 2.96. The molecule has 2 rings (SSSR count). The van der Waals surface area contributed by atoms with Crippen LogP contribution < -0.4 is 4.74 Å². The van der Waals surface area contributed by atoms with Crippen LogP contribution in [0.5, 0.6) is 5.75 Å². The molecule has 0 atom stereocenters. The van der Waals surface area contributed by atoms with Crippen molar-refractivity contribution in [3.63, 3.8) is 0 Å². The fourth-order valence-electron chi connectivity index (χ4n) is 2.96. The number of hydrogen-bond acceptors (Lipinski definition) is 5. The van der Waals surface area contributed by atoms with Crippen molar-refractivity contribution in [3.05, 3.63) is 77.9 Å². The molecule has 5 heteroatoms. The summed E-state index contributed by atoms with van der Waals surface area (Å²) in [5.74, 6) is -0.491. The van der Waals surface area contributed by atoms with Gasteiger partial charge in [-0.05, 0) is 36.1 Å². The van der Waals surface area contributed by atoms with E-state index in [9.17, 15) is 9.59 Å². The summed E-state index contributed by atoms with van der Waals surface area (Å²) in [6.07, 6.45) is 7.61. The first-order valence-electron chi connectivity index (χ1n) is 9.25. The lowest BCUT2D eigenvalue weighted by atomic mass is 9.80. The van der Waals surface area contributed by atoms with Crippen LogP contribution in [0.1, 0.15) is 24.0 Å². The third kappa shape index (κ3) is 5.82. The molecule has 0 amide bonds. The van der Waals surface area contributed by atoms with Crippen molar-refractivity contribution in [2.45, 2.75) is 12.8 Å². The second kappa shape index (κ2) is 10.9. The zero-order chi connectivity index (χ0) is 21.1. The van der Waals surface area contributed by atoms with Gasteiger partial charge in [-0.2, -0.15) is 0 Å². The molecule has 0 N–H and O–H groups in total. The Kier molecular flexibility index (Phi) is 8.22. The van der Waals surface area contributed by atoms with Crippen molar-refractivity contribution in [2.24, 2.45) is 5.41 Å². The second-order valence-corrected chi connectivity index (χ2v) is 6.46. The third-order valence-electron chi connectivity index (χ3n) is 4.62. The monoisotopic (exact) mass is 394 g/mol. The van der Waals surface area contributed by atoms with Crippen LogP contribution in [0, 0.1) is 5.41 Å². The zero-order valence-corrected chi connectivity index (χ0v) is 17.0. The largest absolute Gasteiger partial charge is 0.497 e. The fraction of sp³-hybridized carbons (Fsp3) is 0.250. The maximum Gasteiger partial charge on any atom is 0.323 e. The molecule has 0 heterocycles. The summed E-state index contributed by atoms with van der Waals surface area (Å²) in [4.78, 5) is 25.2. The highest BCUT2D eigenvalue weighted by Gasteiger charge is 2.46. The van der Waals surface area contributed by atoms with Crippen molar-refractivity contribution in [1.82, 2.24) is 0 Å². The van der Waals surface area contributed by atoms with E-state index >= 15 is 0 Å². The number of benzene rings is 2. The average Bonchev–Trinajstić information content (AvgIpc) is 2.78. The molecule has 5 nitrogen and oxygen atoms in total. The van der Waals surface area contributed by atoms with E-state index in [2.05, 4.69) is 0 Å². The SMILES string of the molecule is COC(=O)C(C/C=C/c1ccccc1)(C/C=C/c1ccc(OC)cc1)C(=O)OC. The van der Waals surface area contributed by atoms with Gasteiger partial charge in [0.15, 0.2) is 5.41 Å². The molecule has 152 valence electrons. The second-order valence-electron chi connectivity index (χ2n) is 6.46. The number of methoxy groups -OCH3 is 3. The number of carbonyl (C=O) groups is 2. The minimum atomic E-state index is -1.45. The summed E-state index contributed by atoms with van der Waals surface area (Å²) in [5.41, 5.74) is 0.455. The lowest BCUT2D eigenvalue weighted by molar-refractivity contribution is -0.168. The molecule has 0 aliphatic heterocycles. The standard InChI is InChI=1S/C24H26O5/c1-27-21-15-13-20(14-16-21)12-8-18-24(22(25)28-2,23(26)29-3)17-7-11-19-9-5-4-6-10-19/h4-16H,17-18H2,1-3H3/b11-7+,12-8+. The highest BCUT2D eigenvalue weighted by molar-refractivity contribution is 6.00. The van der Waals surface area contributed by atoms with Crippen LogP contribution in [-0.4, -0.2) is 33.3 Å². The Bertz CT molecular complexity index is 835. The Labute approximate surface area is 171 Å². The van der Waals surface area contributed by atoms with Gasteiger partial charge in [0.05, 0.1) is 21.3 Å². The topological polar surface area (TPSA) is 61.8 Å². The van der Waals surface area contributed by atoms with Crippen LogP contribution >= 0.6 is 0 Å². The van der Waals surface area contributed by atoms with E-state index in [-0.39, 0.29) is 12.8 Å². The van der Waals surface area contributed by atoms with Crippen molar-refractivity contribution in [1.29, 1.82) is 0 Å². The van der Waals surface area contributed by atoms with E-state index in [0.29, 0.717) is 0 Å². The van der Waals surface area contributed by atoms with Crippen molar-refractivity contribution < 1.29 is 23.8 Å². The third-order valence-corrected chi connectivity index (χ3v) is 4.62. The van der Waals surface area contributed by atoms with Crippen molar-refractivity contribution >= 4 is 24.1 Å². The molecule has 0 spiro atoms. The molecule has 0 fully saturated rings. The van der Waals surface area contributed by atoms with Crippen LogP contribution in [0.3, 0.4) is 0 Å². The van der Waals surface area contributed by atoms with Crippen LogP contribution in [0.25, 0.3) is 12.2 Å². The van der Waals surface area contributed by atoms with Crippen LogP contribution in [0.15, 0.2) is 66.7 Å². The predicted molar refractivity (Wildman–Crippen MR) is 113 cm³/mol. The van der Waals surface area contributed by atoms with Gasteiger partial charge in [-0.15, -0.1) is 0 Å². The van der Waals surface area contributed by atoms with Gasteiger partial charge in [-0.1, -0.05) is 66.8 Å². The number of hydrogen-bond donors (Lipinski definition) is 0. The molecular formula is C24H26O5. The van der Waals surface area contributed by atoms with Crippen LogP contribution in [0.4, 0.5) is 0 Å². The maximum absolute atomic E-state index is 12.6. The molecule has 2 aromatic rings. The quantitative estimate of drug-likeness (QED) is 0.462. The molecule has 0 saturated carbocycles. The van der Waals surface area contributed by atoms with Gasteiger partial charge >= 0.3 is 11.9 Å². The van der Waals surface area contributed by atoms with Gasteiger partial charge < -0.3 is 14.2 Å². The van der Waals surface area contributed by atoms with Crippen LogP contribution in [0.2, 0.25) is 0 Å². The first-order valence-corrected chi connectivity index (χ1v) is 9.25. The van der Waals surface area contributed by atoms with Gasteiger partial charge in [-0.25, -0.2) is 0 Å². The van der Waals surface area contributed by atoms with E-state index < -0.39 is 17.4 Å². The first-order chi connectivity index (χ1) is 14.1. The van der Waals surface area contributed by atoms with Gasteiger partial charge in [0.1, 0.15) is 5.75 Å². The summed E-state index contributed by atoms with van der Waals surface area (Å²) < 4.78 is 15.0. The number of ether oxygens (including phenoxy) is 3. The van der Waals surface area contributed by atoms with Gasteiger partial charge in [0, 0.05) is 0 Å². The highest BCUT2D eigenvalue weighted by atomic mass is 16.5. The van der Waals surface area contributed by atoms with Gasteiger partial charge in [0.25, 0.3) is 0 Å². The van der Waals surface area contributed by atoms with E-state index in [0.717, 1.165) is 16.9 Å². The molecule has 0 bridgehead atoms. The minimum absolute atomic E-state index is 0.150. The number of allylic oxidation sites excluding steroid dienone is 2. The Morgan fingerprint density at radius 1 is 0.759 bits per heavy atom. The predicted octanol–water partition coefficient (Wildman–Crippen LogP) is 4.53. The first kappa shape index (κ1) is 22.0.